The molecule has 104 valence electrons. The van der Waals surface area contributed by atoms with E-state index < -0.39 is 0 Å². The Morgan fingerprint density at radius 2 is 2.30 bits per heavy atom. The van der Waals surface area contributed by atoms with E-state index in [0.717, 1.165) is 18.5 Å². The molecule has 0 radical (unpaired) electrons. The number of nitrogens with zero attached hydrogens (tertiary/aromatic N) is 3. The highest BCUT2D eigenvalue weighted by Crippen LogP contribution is 2.16. The molecule has 0 spiro atoms. The summed E-state index contributed by atoms with van der Waals surface area (Å²) in [6.45, 7) is 1.35. The summed E-state index contributed by atoms with van der Waals surface area (Å²) in [4.78, 5) is 22.1. The van der Waals surface area contributed by atoms with E-state index >= 15 is 0 Å². The van der Waals surface area contributed by atoms with Gasteiger partial charge in [-0.25, -0.2) is 9.97 Å². The molecular weight excluding hydrogens is 274 g/mol. The largest absolute Gasteiger partial charge is 0.458 e. The molecule has 2 aromatic heterocycles. The first-order chi connectivity index (χ1) is 9.81. The molecule has 1 aliphatic rings. The number of carbonyl (C=O) groups is 1. The van der Waals surface area contributed by atoms with Crippen molar-refractivity contribution in [2.24, 2.45) is 0 Å². The van der Waals surface area contributed by atoms with Crippen molar-refractivity contribution < 1.29 is 9.53 Å². The van der Waals surface area contributed by atoms with E-state index in [9.17, 15) is 4.79 Å². The van der Waals surface area contributed by atoms with Gasteiger partial charge in [0.25, 0.3) is 0 Å². The predicted molar refractivity (Wildman–Crippen MR) is 75.7 cm³/mol. The molecule has 3 rings (SSSR count). The molecule has 5 nitrogen and oxygen atoms in total. The van der Waals surface area contributed by atoms with Crippen molar-refractivity contribution in [1.29, 1.82) is 0 Å². The second kappa shape index (κ2) is 6.00. The fourth-order valence-corrected chi connectivity index (χ4v) is 2.89. The number of likely N-dealkylation sites (tertiary alicyclic amines) is 1. The Morgan fingerprint density at radius 3 is 3.05 bits per heavy atom. The quantitative estimate of drug-likeness (QED) is 0.860. The van der Waals surface area contributed by atoms with Crippen LogP contribution in [0.1, 0.15) is 12.0 Å². The zero-order valence-corrected chi connectivity index (χ0v) is 11.8. The van der Waals surface area contributed by atoms with Gasteiger partial charge in [-0.2, -0.15) is 11.3 Å². The van der Waals surface area contributed by atoms with Gasteiger partial charge in [0.2, 0.25) is 5.91 Å². The van der Waals surface area contributed by atoms with Gasteiger partial charge in [-0.3, -0.25) is 4.79 Å². The van der Waals surface area contributed by atoms with E-state index in [1.165, 1.54) is 0 Å². The topological polar surface area (TPSA) is 55.3 Å². The maximum atomic E-state index is 12.2. The number of hydrogen-bond donors (Lipinski definition) is 0. The summed E-state index contributed by atoms with van der Waals surface area (Å²) in [5.74, 6) is 0.156. The van der Waals surface area contributed by atoms with Crippen molar-refractivity contribution >= 4 is 17.2 Å². The van der Waals surface area contributed by atoms with E-state index in [4.69, 9.17) is 4.74 Å². The fourth-order valence-electron chi connectivity index (χ4n) is 2.23. The van der Waals surface area contributed by atoms with Crippen LogP contribution in [0, 0.1) is 0 Å². The lowest BCUT2D eigenvalue weighted by molar-refractivity contribution is -0.129. The SMILES string of the molecule is O=C(Cc1ccsc1)N1CC[C@H](Oc2ncccn2)C1. The van der Waals surface area contributed by atoms with Crippen LogP contribution in [0.15, 0.2) is 35.3 Å². The number of aromatic nitrogens is 2. The van der Waals surface area contributed by atoms with Gasteiger partial charge in [-0.05, 0) is 28.5 Å². The minimum Gasteiger partial charge on any atom is -0.458 e. The summed E-state index contributed by atoms with van der Waals surface area (Å²) in [7, 11) is 0. The van der Waals surface area contributed by atoms with Gasteiger partial charge in [0.05, 0.1) is 13.0 Å². The van der Waals surface area contributed by atoms with Gasteiger partial charge in [0.1, 0.15) is 6.10 Å². The van der Waals surface area contributed by atoms with Crippen LogP contribution >= 0.6 is 11.3 Å². The highest BCUT2D eigenvalue weighted by molar-refractivity contribution is 7.07. The van der Waals surface area contributed by atoms with Crippen molar-refractivity contribution in [3.8, 4) is 6.01 Å². The zero-order chi connectivity index (χ0) is 13.8. The van der Waals surface area contributed by atoms with Gasteiger partial charge in [-0.1, -0.05) is 0 Å². The lowest BCUT2D eigenvalue weighted by Crippen LogP contribution is -2.32. The minimum absolute atomic E-state index is 0.0103. The van der Waals surface area contributed by atoms with Gasteiger partial charge in [-0.15, -0.1) is 0 Å². The number of carbonyl (C=O) groups excluding carboxylic acids is 1. The Balaban J connectivity index is 1.53. The summed E-state index contributed by atoms with van der Waals surface area (Å²) >= 11 is 1.61. The molecule has 1 fully saturated rings. The van der Waals surface area contributed by atoms with Crippen LogP contribution in [0.2, 0.25) is 0 Å². The molecule has 0 unspecified atom stereocenters. The molecule has 0 saturated carbocycles. The molecule has 0 aliphatic carbocycles. The average Bonchev–Trinajstić information content (AvgIpc) is 3.11. The maximum Gasteiger partial charge on any atom is 0.316 e. The van der Waals surface area contributed by atoms with Crippen molar-refractivity contribution in [1.82, 2.24) is 14.9 Å². The molecule has 0 N–H and O–H groups in total. The maximum absolute atomic E-state index is 12.2. The van der Waals surface area contributed by atoms with E-state index in [-0.39, 0.29) is 12.0 Å². The molecule has 1 saturated heterocycles. The standard InChI is InChI=1S/C14H15N3O2S/c18-13(8-11-3-7-20-10-11)17-6-2-12(9-17)19-14-15-4-1-5-16-14/h1,3-5,7,10,12H,2,6,8-9H2/t12-/m0/s1. The molecule has 6 heteroatoms. The molecule has 1 aliphatic heterocycles. The third kappa shape index (κ3) is 3.14. The highest BCUT2D eigenvalue weighted by atomic mass is 32.1. The normalized spacial score (nSPS) is 18.2. The summed E-state index contributed by atoms with van der Waals surface area (Å²) in [5.41, 5.74) is 1.08. The van der Waals surface area contributed by atoms with Crippen LogP contribution in [0.25, 0.3) is 0 Å². The highest BCUT2D eigenvalue weighted by Gasteiger charge is 2.28. The van der Waals surface area contributed by atoms with Crippen LogP contribution < -0.4 is 4.74 Å². The second-order valence-electron chi connectivity index (χ2n) is 4.71. The van der Waals surface area contributed by atoms with Crippen LogP contribution in [0.3, 0.4) is 0 Å². The Labute approximate surface area is 121 Å². The van der Waals surface area contributed by atoms with E-state index in [2.05, 4.69) is 9.97 Å². The molecule has 20 heavy (non-hydrogen) atoms. The van der Waals surface area contributed by atoms with Crippen molar-refractivity contribution in [2.45, 2.75) is 18.9 Å². The van der Waals surface area contributed by atoms with Gasteiger partial charge in [0.15, 0.2) is 0 Å². The molecule has 0 bridgehead atoms. The van der Waals surface area contributed by atoms with Crippen molar-refractivity contribution in [3.05, 3.63) is 40.8 Å². The number of thiophene rings is 1. The second-order valence-corrected chi connectivity index (χ2v) is 5.49. The molecule has 2 aromatic rings. The third-order valence-corrected chi connectivity index (χ3v) is 3.98. The number of ether oxygens (including phenoxy) is 1. The van der Waals surface area contributed by atoms with E-state index in [1.807, 2.05) is 21.7 Å². The predicted octanol–water partition coefficient (Wildman–Crippen LogP) is 1.76. The first-order valence-corrected chi connectivity index (χ1v) is 7.48. The first-order valence-electron chi connectivity index (χ1n) is 6.54. The van der Waals surface area contributed by atoms with E-state index in [1.54, 1.807) is 29.8 Å². The van der Waals surface area contributed by atoms with Gasteiger partial charge < -0.3 is 9.64 Å². The Morgan fingerprint density at radius 1 is 1.45 bits per heavy atom. The number of hydrogen-bond acceptors (Lipinski definition) is 5. The lowest BCUT2D eigenvalue weighted by atomic mass is 10.2. The Kier molecular flexibility index (Phi) is 3.92. The van der Waals surface area contributed by atoms with Gasteiger partial charge in [0, 0.05) is 25.4 Å². The van der Waals surface area contributed by atoms with Crippen molar-refractivity contribution in [3.63, 3.8) is 0 Å². The van der Waals surface area contributed by atoms with Crippen LogP contribution in [0.4, 0.5) is 0 Å². The summed E-state index contributed by atoms with van der Waals surface area (Å²) in [6, 6.07) is 4.12. The Bertz CT molecular complexity index is 559. The van der Waals surface area contributed by atoms with Gasteiger partial charge >= 0.3 is 6.01 Å². The number of rotatable bonds is 4. The summed E-state index contributed by atoms with van der Waals surface area (Å²) in [6.07, 6.45) is 4.59. The first kappa shape index (κ1) is 13.1. The number of amides is 1. The summed E-state index contributed by atoms with van der Waals surface area (Å²) < 4.78 is 5.68. The third-order valence-electron chi connectivity index (χ3n) is 3.25. The van der Waals surface area contributed by atoms with Crippen molar-refractivity contribution in [2.75, 3.05) is 13.1 Å². The molecule has 1 amide bonds. The van der Waals surface area contributed by atoms with Crippen LogP contribution in [-0.2, 0) is 11.2 Å². The Hall–Kier alpha value is -1.95. The van der Waals surface area contributed by atoms with Crippen LogP contribution in [0.5, 0.6) is 6.01 Å². The lowest BCUT2D eigenvalue weighted by Gasteiger charge is -2.16. The smallest absolute Gasteiger partial charge is 0.316 e. The average molecular weight is 289 g/mol. The van der Waals surface area contributed by atoms with E-state index in [0.29, 0.717) is 19.0 Å². The summed E-state index contributed by atoms with van der Waals surface area (Å²) in [5, 5.41) is 4.00. The molecule has 1 atom stereocenters. The molecular formula is C14H15N3O2S. The zero-order valence-electron chi connectivity index (χ0n) is 10.9. The minimum atomic E-state index is -0.0103. The monoisotopic (exact) mass is 289 g/mol. The molecule has 0 aromatic carbocycles. The fraction of sp³-hybridized carbons (Fsp3) is 0.357. The molecule has 3 heterocycles. The van der Waals surface area contributed by atoms with Crippen LogP contribution in [-0.4, -0.2) is 40.0 Å².